The van der Waals surface area contributed by atoms with Crippen LogP contribution >= 0.6 is 0 Å². The highest BCUT2D eigenvalue weighted by molar-refractivity contribution is 5.91. The number of fused-ring (bicyclic) bond motifs is 4. The van der Waals surface area contributed by atoms with Gasteiger partial charge in [0, 0.05) is 56.3 Å². The highest BCUT2D eigenvalue weighted by atomic mass is 16.5. The van der Waals surface area contributed by atoms with Crippen LogP contribution in [0.15, 0.2) is 59.7 Å². The molecular weight excluding hydrogens is 392 g/mol. The van der Waals surface area contributed by atoms with Crippen molar-refractivity contribution < 1.29 is 9.53 Å². The fourth-order valence-corrected chi connectivity index (χ4v) is 5.22. The van der Waals surface area contributed by atoms with E-state index >= 15 is 0 Å². The van der Waals surface area contributed by atoms with Gasteiger partial charge in [-0.25, -0.2) is 4.98 Å². The van der Waals surface area contributed by atoms with E-state index in [-0.39, 0.29) is 29.3 Å². The Hall–Kier alpha value is -3.35. The maximum absolute atomic E-state index is 13.2. The molecule has 3 atom stereocenters. The number of methoxy groups -OCH3 is 1. The zero-order valence-electron chi connectivity index (χ0n) is 17.8. The number of carbonyl (C=O) groups excluding carboxylic acids is 1. The van der Waals surface area contributed by atoms with Crippen molar-refractivity contribution >= 4 is 5.91 Å². The van der Waals surface area contributed by atoms with Crippen LogP contribution in [-0.2, 0) is 13.5 Å². The zero-order chi connectivity index (χ0) is 21.5. The minimum Gasteiger partial charge on any atom is -0.497 e. The lowest BCUT2D eigenvalue weighted by Gasteiger charge is -2.47. The van der Waals surface area contributed by atoms with Crippen molar-refractivity contribution in [1.29, 1.82) is 0 Å². The lowest BCUT2D eigenvalue weighted by Crippen LogP contribution is -2.51. The summed E-state index contributed by atoms with van der Waals surface area (Å²) in [5, 5.41) is 0. The Morgan fingerprint density at radius 1 is 1.19 bits per heavy atom. The first-order valence-corrected chi connectivity index (χ1v) is 10.7. The van der Waals surface area contributed by atoms with Gasteiger partial charge in [-0.05, 0) is 42.5 Å². The third-order valence-corrected chi connectivity index (χ3v) is 6.68. The molecule has 2 aromatic heterocycles. The summed E-state index contributed by atoms with van der Waals surface area (Å²) in [5.74, 6) is 1.56. The molecule has 1 fully saturated rings. The SMILES string of the molecule is COc1cccc(C[C@H]2[C@H]3C[C@H](CN(C(=O)c4nccn4C)C3)c3cccc(=O)n32)c1. The number of amides is 1. The molecule has 0 N–H and O–H groups in total. The van der Waals surface area contributed by atoms with E-state index < -0.39 is 0 Å². The van der Waals surface area contributed by atoms with E-state index in [1.54, 1.807) is 30.1 Å². The Morgan fingerprint density at radius 2 is 2.03 bits per heavy atom. The molecule has 2 aliphatic heterocycles. The van der Waals surface area contributed by atoms with Crippen LogP contribution in [0, 0.1) is 5.92 Å². The number of ether oxygens (including phenoxy) is 1. The maximum Gasteiger partial charge on any atom is 0.289 e. The minimum atomic E-state index is -0.0472. The van der Waals surface area contributed by atoms with Crippen LogP contribution < -0.4 is 10.3 Å². The first-order valence-electron chi connectivity index (χ1n) is 10.7. The van der Waals surface area contributed by atoms with E-state index in [0.717, 1.165) is 29.8 Å². The smallest absolute Gasteiger partial charge is 0.289 e. The Bertz CT molecular complexity index is 1180. The minimum absolute atomic E-state index is 0.0102. The molecule has 7 nitrogen and oxygen atoms in total. The standard InChI is InChI=1S/C24H26N4O3/c1-26-10-9-25-23(26)24(30)27-14-17-13-18(15-27)21(28-20(17)7-4-8-22(28)29)12-16-5-3-6-19(11-16)31-2/h3-11,17-18,21H,12-15H2,1-2H3/t17-,18+,21+/m1/s1. The number of aryl methyl sites for hydroxylation is 1. The van der Waals surface area contributed by atoms with Crippen LogP contribution in [0.3, 0.4) is 0 Å². The summed E-state index contributed by atoms with van der Waals surface area (Å²) in [4.78, 5) is 32.3. The zero-order valence-corrected chi connectivity index (χ0v) is 17.8. The number of hydrogen-bond donors (Lipinski definition) is 0. The van der Waals surface area contributed by atoms with Gasteiger partial charge in [0.15, 0.2) is 5.82 Å². The number of rotatable bonds is 4. The summed E-state index contributed by atoms with van der Waals surface area (Å²) in [6, 6.07) is 13.5. The average molecular weight is 418 g/mol. The van der Waals surface area contributed by atoms with Gasteiger partial charge in [-0.15, -0.1) is 0 Å². The fourth-order valence-electron chi connectivity index (χ4n) is 5.22. The molecule has 2 aliphatic rings. The topological polar surface area (TPSA) is 69.4 Å². The van der Waals surface area contributed by atoms with Gasteiger partial charge >= 0.3 is 0 Å². The van der Waals surface area contributed by atoms with Crippen molar-refractivity contribution in [3.8, 4) is 5.75 Å². The summed E-state index contributed by atoms with van der Waals surface area (Å²) in [6.45, 7) is 1.23. The fraction of sp³-hybridized carbons (Fsp3) is 0.375. The van der Waals surface area contributed by atoms with Crippen molar-refractivity contribution in [3.05, 3.63) is 82.3 Å². The summed E-state index contributed by atoms with van der Waals surface area (Å²) in [5.41, 5.74) is 2.18. The Kier molecular flexibility index (Phi) is 4.88. The summed E-state index contributed by atoms with van der Waals surface area (Å²) in [7, 11) is 3.50. The Balaban J connectivity index is 1.52. The number of piperidine rings is 1. The quantitative estimate of drug-likeness (QED) is 0.653. The van der Waals surface area contributed by atoms with Crippen molar-refractivity contribution in [2.75, 3.05) is 20.2 Å². The number of pyridine rings is 1. The van der Waals surface area contributed by atoms with Crippen molar-refractivity contribution in [2.45, 2.75) is 24.8 Å². The second-order valence-corrected chi connectivity index (χ2v) is 8.55. The van der Waals surface area contributed by atoms with Crippen molar-refractivity contribution in [1.82, 2.24) is 19.0 Å². The third kappa shape index (κ3) is 3.44. The second-order valence-electron chi connectivity index (χ2n) is 8.55. The number of imidazole rings is 1. The number of likely N-dealkylation sites (tertiary alicyclic amines) is 1. The van der Waals surface area contributed by atoms with E-state index in [1.165, 1.54) is 0 Å². The molecule has 7 heteroatoms. The summed E-state index contributed by atoms with van der Waals surface area (Å²) >= 11 is 0. The van der Waals surface area contributed by atoms with Gasteiger partial charge in [-0.2, -0.15) is 0 Å². The lowest BCUT2D eigenvalue weighted by molar-refractivity contribution is 0.0514. The largest absolute Gasteiger partial charge is 0.497 e. The molecule has 1 aromatic carbocycles. The average Bonchev–Trinajstić information content (AvgIpc) is 3.22. The normalized spacial score (nSPS) is 22.1. The molecule has 1 amide bonds. The van der Waals surface area contributed by atoms with Crippen molar-refractivity contribution in [3.63, 3.8) is 0 Å². The predicted molar refractivity (Wildman–Crippen MR) is 116 cm³/mol. The van der Waals surface area contributed by atoms with Crippen LogP contribution in [0.25, 0.3) is 0 Å². The second kappa shape index (κ2) is 7.72. The molecule has 0 radical (unpaired) electrons. The number of nitrogens with zero attached hydrogens (tertiary/aromatic N) is 4. The Morgan fingerprint density at radius 3 is 2.81 bits per heavy atom. The lowest BCUT2D eigenvalue weighted by atomic mass is 9.76. The molecule has 0 saturated carbocycles. The van der Waals surface area contributed by atoms with Gasteiger partial charge < -0.3 is 18.8 Å². The molecule has 31 heavy (non-hydrogen) atoms. The van der Waals surface area contributed by atoms with Crippen LogP contribution in [-0.4, -0.2) is 45.1 Å². The highest BCUT2D eigenvalue weighted by Crippen LogP contribution is 2.42. The van der Waals surface area contributed by atoms with Gasteiger partial charge in [0.2, 0.25) is 0 Å². The van der Waals surface area contributed by atoms with Gasteiger partial charge in [0.05, 0.1) is 7.11 Å². The predicted octanol–water partition coefficient (Wildman–Crippen LogP) is 2.63. The third-order valence-electron chi connectivity index (χ3n) is 6.68. The molecule has 3 aromatic rings. The molecule has 0 unspecified atom stereocenters. The van der Waals surface area contributed by atoms with Gasteiger partial charge in [0.1, 0.15) is 5.75 Å². The molecular formula is C24H26N4O3. The summed E-state index contributed by atoms with van der Waals surface area (Å²) < 4.78 is 9.12. The van der Waals surface area contributed by atoms with E-state index in [1.807, 2.05) is 46.8 Å². The molecule has 0 aliphatic carbocycles. The number of benzene rings is 1. The van der Waals surface area contributed by atoms with E-state index in [0.29, 0.717) is 18.9 Å². The van der Waals surface area contributed by atoms with E-state index in [2.05, 4.69) is 11.1 Å². The van der Waals surface area contributed by atoms with Crippen LogP contribution in [0.4, 0.5) is 0 Å². The van der Waals surface area contributed by atoms with Crippen molar-refractivity contribution in [2.24, 2.45) is 13.0 Å². The molecule has 4 heterocycles. The van der Waals surface area contributed by atoms with Gasteiger partial charge in [0.25, 0.3) is 11.5 Å². The van der Waals surface area contributed by atoms with Crippen LogP contribution in [0.5, 0.6) is 5.75 Å². The molecule has 2 bridgehead atoms. The van der Waals surface area contributed by atoms with E-state index in [4.69, 9.17) is 4.74 Å². The molecule has 160 valence electrons. The first-order chi connectivity index (χ1) is 15.0. The number of carbonyl (C=O) groups is 1. The van der Waals surface area contributed by atoms with E-state index in [9.17, 15) is 9.59 Å². The maximum atomic E-state index is 13.2. The molecule has 1 saturated heterocycles. The van der Waals surface area contributed by atoms with Gasteiger partial charge in [-0.3, -0.25) is 9.59 Å². The first kappa shape index (κ1) is 19.6. The van der Waals surface area contributed by atoms with Gasteiger partial charge in [-0.1, -0.05) is 18.2 Å². The number of hydrogen-bond acceptors (Lipinski definition) is 4. The molecule has 0 spiro atoms. The van der Waals surface area contributed by atoms with Crippen LogP contribution in [0.2, 0.25) is 0 Å². The Labute approximate surface area is 180 Å². The highest BCUT2D eigenvalue weighted by Gasteiger charge is 2.42. The van der Waals surface area contributed by atoms with Crippen LogP contribution in [0.1, 0.15) is 40.3 Å². The summed E-state index contributed by atoms with van der Waals surface area (Å²) in [6.07, 6.45) is 5.13. The molecule has 5 rings (SSSR count). The number of aromatic nitrogens is 3. The monoisotopic (exact) mass is 418 g/mol.